The van der Waals surface area contributed by atoms with Crippen molar-refractivity contribution in [2.75, 3.05) is 20.6 Å². The normalized spacial score (nSPS) is 17.7. The fraction of sp³-hybridized carbons (Fsp3) is 0.615. The molecule has 0 saturated heterocycles. The lowest BCUT2D eigenvalue weighted by Gasteiger charge is -2.47. The molecule has 0 radical (unpaired) electrons. The lowest BCUT2D eigenvalue weighted by atomic mass is 9.75. The van der Waals surface area contributed by atoms with E-state index in [-0.39, 0.29) is 0 Å². The zero-order chi connectivity index (χ0) is 13.2. The number of carbonyl (C=O) groups is 1. The van der Waals surface area contributed by atoms with Crippen molar-refractivity contribution in [1.82, 2.24) is 10.2 Å². The van der Waals surface area contributed by atoms with Gasteiger partial charge in [-0.2, -0.15) is 0 Å². The first-order valence-electron chi connectivity index (χ1n) is 6.22. The predicted molar refractivity (Wildman–Crippen MR) is 73.3 cm³/mol. The molecule has 1 fully saturated rings. The lowest BCUT2D eigenvalue weighted by Crippen LogP contribution is -2.56. The molecule has 1 aliphatic carbocycles. The van der Waals surface area contributed by atoms with Crippen LogP contribution < -0.4 is 5.32 Å². The predicted octanol–water partition coefficient (Wildman–Crippen LogP) is 2.02. The van der Waals surface area contributed by atoms with Crippen molar-refractivity contribution in [1.29, 1.82) is 0 Å². The largest absolute Gasteiger partial charge is 0.478 e. The maximum Gasteiger partial charge on any atom is 0.336 e. The fourth-order valence-corrected chi connectivity index (χ4v) is 3.20. The van der Waals surface area contributed by atoms with Crippen molar-refractivity contribution < 1.29 is 9.90 Å². The first kappa shape index (κ1) is 13.5. The summed E-state index contributed by atoms with van der Waals surface area (Å²) in [7, 11) is 4.27. The molecular formula is C13H20N2O2S. The van der Waals surface area contributed by atoms with Crippen LogP contribution in [0, 0.1) is 0 Å². The number of nitrogens with zero attached hydrogens (tertiary/aromatic N) is 1. The van der Waals surface area contributed by atoms with E-state index in [9.17, 15) is 4.79 Å². The second kappa shape index (κ2) is 5.38. The van der Waals surface area contributed by atoms with Gasteiger partial charge in [-0.1, -0.05) is 0 Å². The van der Waals surface area contributed by atoms with E-state index in [1.807, 2.05) is 0 Å². The molecule has 0 aliphatic heterocycles. The number of aromatic carboxylic acids is 1. The molecule has 0 atom stereocenters. The average Bonchev–Trinajstić information content (AvgIpc) is 2.70. The van der Waals surface area contributed by atoms with Gasteiger partial charge in [-0.05, 0) is 39.4 Å². The summed E-state index contributed by atoms with van der Waals surface area (Å²) in [6.07, 6.45) is 3.80. The van der Waals surface area contributed by atoms with Gasteiger partial charge >= 0.3 is 5.97 Å². The highest BCUT2D eigenvalue weighted by Crippen LogP contribution is 2.35. The molecule has 4 nitrogen and oxygen atoms in total. The van der Waals surface area contributed by atoms with Crippen LogP contribution in [0.3, 0.4) is 0 Å². The summed E-state index contributed by atoms with van der Waals surface area (Å²) in [6.45, 7) is 1.73. The number of carboxylic acid groups (broad SMARTS) is 1. The Morgan fingerprint density at radius 3 is 2.72 bits per heavy atom. The molecular weight excluding hydrogens is 248 g/mol. The van der Waals surface area contributed by atoms with Crippen molar-refractivity contribution in [3.8, 4) is 0 Å². The number of hydrogen-bond donors (Lipinski definition) is 2. The Morgan fingerprint density at radius 2 is 2.28 bits per heavy atom. The molecule has 1 heterocycles. The van der Waals surface area contributed by atoms with Gasteiger partial charge in [-0.25, -0.2) is 4.79 Å². The second-order valence-electron chi connectivity index (χ2n) is 5.18. The summed E-state index contributed by atoms with van der Waals surface area (Å²) < 4.78 is 0. The molecule has 1 aromatic rings. The summed E-state index contributed by atoms with van der Waals surface area (Å²) in [5.41, 5.74) is 0.704. The molecule has 1 aliphatic rings. The Balaban J connectivity index is 1.82. The van der Waals surface area contributed by atoms with Gasteiger partial charge in [0.25, 0.3) is 0 Å². The summed E-state index contributed by atoms with van der Waals surface area (Å²) >= 11 is 1.51. The first-order chi connectivity index (χ1) is 8.53. The summed E-state index contributed by atoms with van der Waals surface area (Å²) in [5.74, 6) is -0.846. The van der Waals surface area contributed by atoms with E-state index in [4.69, 9.17) is 5.11 Å². The van der Waals surface area contributed by atoms with E-state index in [1.54, 1.807) is 11.4 Å². The molecule has 0 spiro atoms. The van der Waals surface area contributed by atoms with E-state index in [0.717, 1.165) is 18.0 Å². The minimum atomic E-state index is -0.846. The number of hydrogen-bond acceptors (Lipinski definition) is 4. The van der Waals surface area contributed by atoms with Crippen LogP contribution in [0.2, 0.25) is 0 Å². The van der Waals surface area contributed by atoms with Gasteiger partial charge in [0.15, 0.2) is 0 Å². The van der Waals surface area contributed by atoms with Gasteiger partial charge in [0.1, 0.15) is 0 Å². The highest BCUT2D eigenvalue weighted by molar-refractivity contribution is 7.10. The van der Waals surface area contributed by atoms with Crippen LogP contribution >= 0.6 is 11.3 Å². The van der Waals surface area contributed by atoms with E-state index in [1.165, 1.54) is 30.6 Å². The molecule has 2 rings (SSSR count). The lowest BCUT2D eigenvalue weighted by molar-refractivity contribution is 0.0599. The number of thiophene rings is 1. The van der Waals surface area contributed by atoms with Crippen LogP contribution in [0.15, 0.2) is 11.4 Å². The van der Waals surface area contributed by atoms with E-state index >= 15 is 0 Å². The first-order valence-corrected chi connectivity index (χ1v) is 7.10. The summed E-state index contributed by atoms with van der Waals surface area (Å²) in [4.78, 5) is 14.2. The monoisotopic (exact) mass is 268 g/mol. The summed E-state index contributed by atoms with van der Waals surface area (Å²) in [5, 5.41) is 14.0. The Morgan fingerprint density at radius 1 is 1.56 bits per heavy atom. The van der Waals surface area contributed by atoms with Gasteiger partial charge in [0.05, 0.1) is 5.56 Å². The van der Waals surface area contributed by atoms with Crippen LogP contribution in [0.4, 0.5) is 0 Å². The fourth-order valence-electron chi connectivity index (χ4n) is 2.37. The highest BCUT2D eigenvalue weighted by atomic mass is 32.1. The second-order valence-corrected chi connectivity index (χ2v) is 6.18. The molecule has 0 amide bonds. The Kier molecular flexibility index (Phi) is 4.04. The van der Waals surface area contributed by atoms with Crippen LogP contribution in [-0.2, 0) is 6.54 Å². The smallest absolute Gasteiger partial charge is 0.336 e. The Hall–Kier alpha value is -0.910. The molecule has 1 saturated carbocycles. The molecule has 18 heavy (non-hydrogen) atoms. The van der Waals surface area contributed by atoms with Crippen molar-refractivity contribution in [2.45, 2.75) is 31.3 Å². The maximum atomic E-state index is 10.8. The van der Waals surface area contributed by atoms with Crippen LogP contribution in [0.25, 0.3) is 0 Å². The number of nitrogens with one attached hydrogen (secondary N) is 1. The third kappa shape index (κ3) is 2.74. The van der Waals surface area contributed by atoms with Crippen LogP contribution in [-0.4, -0.2) is 42.2 Å². The SMILES string of the molecule is CN(C)C1(CNCc2cc(C(=O)O)cs2)CCC1. The van der Waals surface area contributed by atoms with Crippen LogP contribution in [0.5, 0.6) is 0 Å². The molecule has 0 aromatic carbocycles. The number of rotatable bonds is 6. The maximum absolute atomic E-state index is 10.8. The molecule has 1 aromatic heterocycles. The van der Waals surface area contributed by atoms with E-state index in [2.05, 4.69) is 24.3 Å². The van der Waals surface area contributed by atoms with Crippen molar-refractivity contribution in [3.05, 3.63) is 21.9 Å². The minimum Gasteiger partial charge on any atom is -0.478 e. The van der Waals surface area contributed by atoms with Crippen molar-refractivity contribution in [2.24, 2.45) is 0 Å². The average molecular weight is 268 g/mol. The van der Waals surface area contributed by atoms with Gasteiger partial charge < -0.3 is 15.3 Å². The molecule has 0 unspecified atom stereocenters. The number of carboxylic acids is 1. The quantitative estimate of drug-likeness (QED) is 0.829. The summed E-state index contributed by atoms with van der Waals surface area (Å²) in [6, 6.07) is 1.75. The molecule has 5 heteroatoms. The minimum absolute atomic E-state index is 0.312. The third-order valence-electron chi connectivity index (χ3n) is 3.89. The Bertz CT molecular complexity index is 424. The highest BCUT2D eigenvalue weighted by Gasteiger charge is 2.38. The standard InChI is InChI=1S/C13H20N2O2S/c1-15(2)13(4-3-5-13)9-14-7-11-6-10(8-18-11)12(16)17/h6,8,14H,3-5,7,9H2,1-2H3,(H,16,17). The Labute approximate surface area is 112 Å². The third-order valence-corrected chi connectivity index (χ3v) is 4.82. The molecule has 0 bridgehead atoms. The molecule has 100 valence electrons. The van der Waals surface area contributed by atoms with E-state index < -0.39 is 5.97 Å². The van der Waals surface area contributed by atoms with Crippen molar-refractivity contribution >= 4 is 17.3 Å². The zero-order valence-electron chi connectivity index (χ0n) is 10.9. The van der Waals surface area contributed by atoms with Gasteiger partial charge in [-0.15, -0.1) is 11.3 Å². The zero-order valence-corrected chi connectivity index (χ0v) is 11.7. The topological polar surface area (TPSA) is 52.6 Å². The number of likely N-dealkylation sites (N-methyl/N-ethyl adjacent to an activating group) is 1. The van der Waals surface area contributed by atoms with Crippen molar-refractivity contribution in [3.63, 3.8) is 0 Å². The van der Waals surface area contributed by atoms with Gasteiger partial charge in [-0.3, -0.25) is 0 Å². The van der Waals surface area contributed by atoms with E-state index in [0.29, 0.717) is 11.1 Å². The van der Waals surface area contributed by atoms with Crippen LogP contribution in [0.1, 0.15) is 34.5 Å². The van der Waals surface area contributed by atoms with Gasteiger partial charge in [0.2, 0.25) is 0 Å². The van der Waals surface area contributed by atoms with Gasteiger partial charge in [0, 0.05) is 28.9 Å². The molecule has 2 N–H and O–H groups in total.